The summed E-state index contributed by atoms with van der Waals surface area (Å²) in [4.78, 5) is 36.2. The molecule has 3 rings (SSSR count). The van der Waals surface area contributed by atoms with Crippen LogP contribution in [0.4, 0.5) is 11.4 Å². The number of Topliss-reactive ketones (excluding diaryl/α,β-unsaturated/α-hetero) is 1. The van der Waals surface area contributed by atoms with Crippen molar-refractivity contribution < 1.29 is 19.1 Å². The van der Waals surface area contributed by atoms with Crippen molar-refractivity contribution in [3.8, 4) is 5.75 Å². The van der Waals surface area contributed by atoms with Gasteiger partial charge in [0.1, 0.15) is 5.75 Å². The topological polar surface area (TPSA) is 84.5 Å². The lowest BCUT2D eigenvalue weighted by Gasteiger charge is -2.23. The Morgan fingerprint density at radius 1 is 1.28 bits per heavy atom. The third kappa shape index (κ3) is 4.18. The molecule has 2 heterocycles. The summed E-state index contributed by atoms with van der Waals surface area (Å²) < 4.78 is 6.00. The van der Waals surface area contributed by atoms with E-state index in [1.165, 1.54) is 11.3 Å². The Labute approximate surface area is 153 Å². The second-order valence-corrected chi connectivity index (χ2v) is 7.25. The van der Waals surface area contributed by atoms with Crippen molar-refractivity contribution in [2.24, 2.45) is 0 Å². The van der Waals surface area contributed by atoms with Gasteiger partial charge >= 0.3 is 0 Å². The molecule has 2 N–H and O–H groups in total. The Kier molecular flexibility index (Phi) is 5.06. The molecule has 25 heavy (non-hydrogen) atoms. The van der Waals surface area contributed by atoms with Crippen LogP contribution in [0.15, 0.2) is 30.3 Å². The molecule has 1 unspecified atom stereocenters. The van der Waals surface area contributed by atoms with Gasteiger partial charge in [-0.15, -0.1) is 11.3 Å². The standard InChI is InChI=1S/C17H15ClN2O4S/c1-9-17(23)20-11-8-10(2-4-13(11)24-9)19-16(22)7-3-12(21)14-5-6-15(18)25-14/h2,4-6,8-9H,3,7H2,1H3,(H,19,22)(H,20,23). The zero-order valence-electron chi connectivity index (χ0n) is 13.3. The van der Waals surface area contributed by atoms with Crippen LogP contribution in [0, 0.1) is 0 Å². The molecule has 1 aliphatic rings. The lowest BCUT2D eigenvalue weighted by molar-refractivity contribution is -0.122. The molecule has 0 saturated heterocycles. The molecule has 130 valence electrons. The number of amides is 2. The monoisotopic (exact) mass is 378 g/mol. The largest absolute Gasteiger partial charge is 0.479 e. The predicted octanol–water partition coefficient (Wildman–Crippen LogP) is 3.72. The molecule has 0 aliphatic carbocycles. The number of nitrogens with one attached hydrogen (secondary N) is 2. The summed E-state index contributed by atoms with van der Waals surface area (Å²) in [5, 5.41) is 5.43. The maximum absolute atomic E-state index is 12.0. The molecule has 0 bridgehead atoms. The minimum atomic E-state index is -0.551. The zero-order chi connectivity index (χ0) is 18.0. The number of ketones is 1. The summed E-state index contributed by atoms with van der Waals surface area (Å²) >= 11 is 7.00. The lowest BCUT2D eigenvalue weighted by atomic mass is 10.1. The van der Waals surface area contributed by atoms with Crippen molar-refractivity contribution in [3.63, 3.8) is 0 Å². The van der Waals surface area contributed by atoms with Gasteiger partial charge in [0.2, 0.25) is 5.91 Å². The second-order valence-electron chi connectivity index (χ2n) is 5.54. The number of halogens is 1. The van der Waals surface area contributed by atoms with E-state index in [1.807, 2.05) is 0 Å². The first-order valence-electron chi connectivity index (χ1n) is 7.62. The fraction of sp³-hybridized carbons (Fsp3) is 0.235. The van der Waals surface area contributed by atoms with Crippen LogP contribution < -0.4 is 15.4 Å². The Morgan fingerprint density at radius 2 is 2.08 bits per heavy atom. The number of ether oxygens (including phenoxy) is 1. The minimum Gasteiger partial charge on any atom is -0.479 e. The van der Waals surface area contributed by atoms with E-state index in [9.17, 15) is 14.4 Å². The molecule has 2 aromatic rings. The number of fused-ring (bicyclic) bond motifs is 1. The number of rotatable bonds is 5. The van der Waals surface area contributed by atoms with Gasteiger partial charge in [-0.1, -0.05) is 11.6 Å². The number of hydrogen-bond acceptors (Lipinski definition) is 5. The third-order valence-corrected chi connectivity index (χ3v) is 4.89. The SMILES string of the molecule is CC1Oc2ccc(NC(=O)CCC(=O)c3ccc(Cl)s3)cc2NC1=O. The number of anilines is 2. The Bertz CT molecular complexity index is 849. The van der Waals surface area contributed by atoms with Gasteiger partial charge < -0.3 is 15.4 Å². The summed E-state index contributed by atoms with van der Waals surface area (Å²) in [6.45, 7) is 1.66. The summed E-state index contributed by atoms with van der Waals surface area (Å²) in [6, 6.07) is 8.30. The Hall–Kier alpha value is -2.38. The molecule has 0 saturated carbocycles. The molecule has 0 radical (unpaired) electrons. The summed E-state index contributed by atoms with van der Waals surface area (Å²) in [5.41, 5.74) is 1.03. The highest BCUT2D eigenvalue weighted by atomic mass is 35.5. The van der Waals surface area contributed by atoms with Crippen molar-refractivity contribution in [2.75, 3.05) is 10.6 Å². The van der Waals surface area contributed by atoms with Crippen LogP contribution in [-0.4, -0.2) is 23.7 Å². The van der Waals surface area contributed by atoms with Crippen LogP contribution in [0.1, 0.15) is 29.4 Å². The van der Waals surface area contributed by atoms with Crippen molar-refractivity contribution in [1.82, 2.24) is 0 Å². The first kappa shape index (κ1) is 17.4. The molecular formula is C17H15ClN2O4S. The van der Waals surface area contributed by atoms with Crippen molar-refractivity contribution in [1.29, 1.82) is 0 Å². The van der Waals surface area contributed by atoms with E-state index < -0.39 is 6.10 Å². The van der Waals surface area contributed by atoms with Gasteiger partial charge in [-0.25, -0.2) is 0 Å². The number of carbonyl (C=O) groups is 3. The normalized spacial score (nSPS) is 15.8. The number of benzene rings is 1. The van der Waals surface area contributed by atoms with E-state index in [2.05, 4.69) is 10.6 Å². The average Bonchev–Trinajstić information content (AvgIpc) is 3.00. The first-order chi connectivity index (χ1) is 11.9. The molecule has 8 heteroatoms. The lowest BCUT2D eigenvalue weighted by Crippen LogP contribution is -2.34. The zero-order valence-corrected chi connectivity index (χ0v) is 14.9. The van der Waals surface area contributed by atoms with Gasteiger partial charge in [0.05, 0.1) is 14.9 Å². The molecular weight excluding hydrogens is 364 g/mol. The van der Waals surface area contributed by atoms with Gasteiger partial charge in [0, 0.05) is 18.5 Å². The average molecular weight is 379 g/mol. The van der Waals surface area contributed by atoms with Gasteiger partial charge in [0.25, 0.3) is 5.91 Å². The number of hydrogen-bond donors (Lipinski definition) is 2. The van der Waals surface area contributed by atoms with Crippen LogP contribution in [0.3, 0.4) is 0 Å². The molecule has 1 aliphatic heterocycles. The maximum Gasteiger partial charge on any atom is 0.265 e. The van der Waals surface area contributed by atoms with E-state index in [-0.39, 0.29) is 30.4 Å². The van der Waals surface area contributed by atoms with E-state index >= 15 is 0 Å². The van der Waals surface area contributed by atoms with E-state index in [0.29, 0.717) is 26.3 Å². The van der Waals surface area contributed by atoms with Gasteiger partial charge in [-0.2, -0.15) is 0 Å². The predicted molar refractivity (Wildman–Crippen MR) is 96.7 cm³/mol. The molecule has 6 nitrogen and oxygen atoms in total. The van der Waals surface area contributed by atoms with Crippen molar-refractivity contribution in [2.45, 2.75) is 25.9 Å². The molecule has 1 aromatic carbocycles. The van der Waals surface area contributed by atoms with Crippen LogP contribution in [0.5, 0.6) is 5.75 Å². The van der Waals surface area contributed by atoms with Crippen molar-refractivity contribution >= 4 is 51.9 Å². The first-order valence-corrected chi connectivity index (χ1v) is 8.82. The molecule has 2 amide bonds. The second kappa shape index (κ2) is 7.25. The summed E-state index contributed by atoms with van der Waals surface area (Å²) in [6.07, 6.45) is -0.388. The maximum atomic E-state index is 12.0. The fourth-order valence-corrected chi connectivity index (χ4v) is 3.33. The van der Waals surface area contributed by atoms with Crippen molar-refractivity contribution in [3.05, 3.63) is 39.5 Å². The summed E-state index contributed by atoms with van der Waals surface area (Å²) in [5.74, 6) is -0.0921. The Balaban J connectivity index is 1.57. The highest BCUT2D eigenvalue weighted by Crippen LogP contribution is 2.32. The van der Waals surface area contributed by atoms with Crippen LogP contribution >= 0.6 is 22.9 Å². The molecule has 0 fully saturated rings. The molecule has 1 aromatic heterocycles. The van der Waals surface area contributed by atoms with E-state index in [4.69, 9.17) is 16.3 Å². The highest BCUT2D eigenvalue weighted by Gasteiger charge is 2.23. The van der Waals surface area contributed by atoms with Gasteiger partial charge in [-0.3, -0.25) is 14.4 Å². The number of thiophene rings is 1. The quantitative estimate of drug-likeness (QED) is 0.776. The van der Waals surface area contributed by atoms with Gasteiger partial charge in [0.15, 0.2) is 11.9 Å². The fourth-order valence-electron chi connectivity index (χ4n) is 2.32. The van der Waals surface area contributed by atoms with E-state index in [1.54, 1.807) is 37.3 Å². The van der Waals surface area contributed by atoms with Crippen LogP contribution in [0.2, 0.25) is 4.34 Å². The minimum absolute atomic E-state index is 0.0608. The summed E-state index contributed by atoms with van der Waals surface area (Å²) in [7, 11) is 0. The smallest absolute Gasteiger partial charge is 0.265 e. The van der Waals surface area contributed by atoms with Crippen LogP contribution in [0.25, 0.3) is 0 Å². The third-order valence-electron chi connectivity index (χ3n) is 3.62. The highest BCUT2D eigenvalue weighted by molar-refractivity contribution is 7.18. The molecule has 1 atom stereocenters. The number of carbonyl (C=O) groups excluding carboxylic acids is 3. The Morgan fingerprint density at radius 3 is 2.80 bits per heavy atom. The van der Waals surface area contributed by atoms with Gasteiger partial charge in [-0.05, 0) is 37.3 Å². The van der Waals surface area contributed by atoms with Crippen LogP contribution in [-0.2, 0) is 9.59 Å². The van der Waals surface area contributed by atoms with E-state index in [0.717, 1.165) is 0 Å². The molecule has 0 spiro atoms.